The predicted molar refractivity (Wildman–Crippen MR) is 101 cm³/mol. The second kappa shape index (κ2) is 9.96. The van der Waals surface area contributed by atoms with Crippen molar-refractivity contribution in [2.45, 2.75) is 45.2 Å². The number of benzene rings is 1. The quantitative estimate of drug-likeness (QED) is 0.753. The Balaban J connectivity index is 1.37. The van der Waals surface area contributed by atoms with Gasteiger partial charge in [0.1, 0.15) is 18.5 Å². The maximum absolute atomic E-state index is 13.6. The van der Waals surface area contributed by atoms with Gasteiger partial charge in [0.05, 0.1) is 6.54 Å². The Hall–Kier alpha value is -2.77. The van der Waals surface area contributed by atoms with Crippen molar-refractivity contribution in [1.82, 2.24) is 25.0 Å². The van der Waals surface area contributed by atoms with Gasteiger partial charge in [-0.3, -0.25) is 14.3 Å². The van der Waals surface area contributed by atoms with Gasteiger partial charge >= 0.3 is 0 Å². The SMILES string of the molecule is O=C(CC[C@H]1CCCN(C(=O)CCn2cncn2)C1)NCc1ccccc1F. The highest BCUT2D eigenvalue weighted by molar-refractivity contribution is 5.76. The number of aryl methyl sites for hydroxylation is 1. The van der Waals surface area contributed by atoms with Crippen LogP contribution in [0.2, 0.25) is 0 Å². The van der Waals surface area contributed by atoms with Gasteiger partial charge in [0.15, 0.2) is 0 Å². The number of carbonyl (C=O) groups is 2. The standard InChI is InChI=1S/C20H26FN5O2/c21-18-6-2-1-5-17(18)12-23-19(27)8-7-16-4-3-10-25(13-16)20(28)9-11-26-15-22-14-24-26/h1-2,5-6,14-16H,3-4,7-13H2,(H,23,27)/t16-/m1/s1. The lowest BCUT2D eigenvalue weighted by molar-refractivity contribution is -0.133. The van der Waals surface area contributed by atoms with E-state index in [1.165, 1.54) is 12.4 Å². The van der Waals surface area contributed by atoms with Crippen LogP contribution in [-0.4, -0.2) is 44.6 Å². The van der Waals surface area contributed by atoms with Crippen molar-refractivity contribution in [3.8, 4) is 0 Å². The van der Waals surface area contributed by atoms with E-state index in [1.807, 2.05) is 4.90 Å². The Morgan fingerprint density at radius 2 is 2.11 bits per heavy atom. The monoisotopic (exact) mass is 387 g/mol. The lowest BCUT2D eigenvalue weighted by Gasteiger charge is -2.33. The molecule has 7 nitrogen and oxygen atoms in total. The molecule has 1 aliphatic rings. The Morgan fingerprint density at radius 3 is 2.89 bits per heavy atom. The molecule has 1 N–H and O–H groups in total. The Labute approximate surface area is 163 Å². The van der Waals surface area contributed by atoms with Gasteiger partial charge in [0.25, 0.3) is 0 Å². The van der Waals surface area contributed by atoms with E-state index < -0.39 is 0 Å². The van der Waals surface area contributed by atoms with E-state index in [0.717, 1.165) is 25.8 Å². The smallest absolute Gasteiger partial charge is 0.224 e. The maximum atomic E-state index is 13.6. The number of rotatable bonds is 8. The molecule has 0 aliphatic carbocycles. The summed E-state index contributed by atoms with van der Waals surface area (Å²) in [5.74, 6) is 0.0421. The molecule has 2 heterocycles. The molecule has 2 amide bonds. The number of piperidine rings is 1. The normalized spacial score (nSPS) is 16.8. The summed E-state index contributed by atoms with van der Waals surface area (Å²) in [7, 11) is 0. The van der Waals surface area contributed by atoms with Gasteiger partial charge in [-0.15, -0.1) is 0 Å². The second-order valence-electron chi connectivity index (χ2n) is 7.16. The molecule has 8 heteroatoms. The molecule has 1 atom stereocenters. The molecule has 1 saturated heterocycles. The number of hydrogen-bond acceptors (Lipinski definition) is 4. The number of nitrogens with zero attached hydrogens (tertiary/aromatic N) is 4. The first-order valence-electron chi connectivity index (χ1n) is 9.72. The molecule has 0 unspecified atom stereocenters. The Kier molecular flexibility index (Phi) is 7.11. The highest BCUT2D eigenvalue weighted by Crippen LogP contribution is 2.21. The first-order chi connectivity index (χ1) is 13.6. The van der Waals surface area contributed by atoms with Crippen LogP contribution in [0.25, 0.3) is 0 Å². The van der Waals surface area contributed by atoms with E-state index in [2.05, 4.69) is 15.4 Å². The van der Waals surface area contributed by atoms with Gasteiger partial charge in [0.2, 0.25) is 11.8 Å². The van der Waals surface area contributed by atoms with Crippen molar-refractivity contribution in [3.63, 3.8) is 0 Å². The van der Waals surface area contributed by atoms with Crippen molar-refractivity contribution in [1.29, 1.82) is 0 Å². The van der Waals surface area contributed by atoms with Crippen LogP contribution >= 0.6 is 0 Å². The molecule has 0 saturated carbocycles. The third kappa shape index (κ3) is 5.87. The van der Waals surface area contributed by atoms with Crippen molar-refractivity contribution in [3.05, 3.63) is 48.3 Å². The van der Waals surface area contributed by atoms with E-state index in [4.69, 9.17) is 0 Å². The minimum Gasteiger partial charge on any atom is -0.352 e. The number of aromatic nitrogens is 3. The third-order valence-corrected chi connectivity index (χ3v) is 5.11. The molecule has 0 bridgehead atoms. The topological polar surface area (TPSA) is 80.1 Å². The molecule has 3 rings (SSSR count). The maximum Gasteiger partial charge on any atom is 0.224 e. The minimum absolute atomic E-state index is 0.0853. The molecule has 0 radical (unpaired) electrons. The molecular formula is C20H26FN5O2. The first kappa shape index (κ1) is 20.0. The van der Waals surface area contributed by atoms with E-state index in [-0.39, 0.29) is 24.2 Å². The van der Waals surface area contributed by atoms with E-state index in [9.17, 15) is 14.0 Å². The summed E-state index contributed by atoms with van der Waals surface area (Å²) in [6.45, 7) is 2.18. The lowest BCUT2D eigenvalue weighted by Crippen LogP contribution is -2.40. The fraction of sp³-hybridized carbons (Fsp3) is 0.500. The van der Waals surface area contributed by atoms with Crippen LogP contribution in [0.3, 0.4) is 0 Å². The second-order valence-corrected chi connectivity index (χ2v) is 7.16. The summed E-state index contributed by atoms with van der Waals surface area (Å²) < 4.78 is 15.2. The summed E-state index contributed by atoms with van der Waals surface area (Å²) in [4.78, 5) is 30.3. The fourth-order valence-corrected chi connectivity index (χ4v) is 3.50. The lowest BCUT2D eigenvalue weighted by atomic mass is 9.93. The minimum atomic E-state index is -0.310. The molecule has 1 aliphatic heterocycles. The molecule has 1 aromatic carbocycles. The van der Waals surface area contributed by atoms with Crippen molar-refractivity contribution < 1.29 is 14.0 Å². The van der Waals surface area contributed by atoms with Crippen molar-refractivity contribution in [2.75, 3.05) is 13.1 Å². The number of hydrogen-bond donors (Lipinski definition) is 1. The molecule has 0 spiro atoms. The number of nitrogens with one attached hydrogen (secondary N) is 1. The number of amides is 2. The average molecular weight is 387 g/mol. The summed E-state index contributed by atoms with van der Waals surface area (Å²) in [5, 5.41) is 6.78. The van der Waals surface area contributed by atoms with Crippen LogP contribution in [-0.2, 0) is 22.7 Å². The summed E-state index contributed by atoms with van der Waals surface area (Å²) in [5.41, 5.74) is 0.484. The number of likely N-dealkylation sites (tertiary alicyclic amines) is 1. The zero-order valence-electron chi connectivity index (χ0n) is 15.9. The van der Waals surface area contributed by atoms with Gasteiger partial charge in [-0.25, -0.2) is 9.37 Å². The highest BCUT2D eigenvalue weighted by atomic mass is 19.1. The first-order valence-corrected chi connectivity index (χ1v) is 9.72. The zero-order chi connectivity index (χ0) is 19.8. The Morgan fingerprint density at radius 1 is 1.25 bits per heavy atom. The number of halogens is 1. The molecule has 2 aromatic rings. The van der Waals surface area contributed by atoms with E-state index in [0.29, 0.717) is 37.4 Å². The summed E-state index contributed by atoms with van der Waals surface area (Å²) in [6, 6.07) is 6.43. The van der Waals surface area contributed by atoms with Gasteiger partial charge in [-0.05, 0) is 31.2 Å². The Bertz CT molecular complexity index is 781. The van der Waals surface area contributed by atoms with Crippen molar-refractivity contribution in [2.24, 2.45) is 5.92 Å². The molecule has 1 aromatic heterocycles. The summed E-state index contributed by atoms with van der Waals surface area (Å²) in [6.07, 6.45) is 6.56. The predicted octanol–water partition coefficient (Wildman–Crippen LogP) is 2.14. The summed E-state index contributed by atoms with van der Waals surface area (Å²) >= 11 is 0. The van der Waals surface area contributed by atoms with Gasteiger partial charge < -0.3 is 10.2 Å². The third-order valence-electron chi connectivity index (χ3n) is 5.11. The van der Waals surface area contributed by atoms with Crippen LogP contribution < -0.4 is 5.32 Å². The van der Waals surface area contributed by atoms with Gasteiger partial charge in [-0.1, -0.05) is 18.2 Å². The molecule has 1 fully saturated rings. The molecular weight excluding hydrogens is 361 g/mol. The van der Waals surface area contributed by atoms with Crippen LogP contribution in [0.5, 0.6) is 0 Å². The van der Waals surface area contributed by atoms with Crippen LogP contribution in [0.15, 0.2) is 36.9 Å². The fourth-order valence-electron chi connectivity index (χ4n) is 3.50. The van der Waals surface area contributed by atoms with Gasteiger partial charge in [0, 0.05) is 38.0 Å². The van der Waals surface area contributed by atoms with E-state index >= 15 is 0 Å². The van der Waals surface area contributed by atoms with Crippen molar-refractivity contribution >= 4 is 11.8 Å². The van der Waals surface area contributed by atoms with Crippen LogP contribution in [0, 0.1) is 11.7 Å². The van der Waals surface area contributed by atoms with E-state index in [1.54, 1.807) is 29.2 Å². The highest BCUT2D eigenvalue weighted by Gasteiger charge is 2.24. The largest absolute Gasteiger partial charge is 0.352 e. The average Bonchev–Trinajstić information content (AvgIpc) is 3.24. The number of carbonyl (C=O) groups excluding carboxylic acids is 2. The van der Waals surface area contributed by atoms with Crippen LogP contribution in [0.1, 0.15) is 37.7 Å². The molecule has 28 heavy (non-hydrogen) atoms. The van der Waals surface area contributed by atoms with Gasteiger partial charge in [-0.2, -0.15) is 5.10 Å². The van der Waals surface area contributed by atoms with Crippen LogP contribution in [0.4, 0.5) is 4.39 Å². The molecule has 150 valence electrons. The zero-order valence-corrected chi connectivity index (χ0v) is 15.9.